The molecule has 1 aromatic carbocycles. The van der Waals surface area contributed by atoms with Gasteiger partial charge in [-0.25, -0.2) is 5.48 Å². The zero-order chi connectivity index (χ0) is 17.2. The first-order valence-electron chi connectivity index (χ1n) is 7.81. The fourth-order valence-electron chi connectivity index (χ4n) is 3.13. The number of benzene rings is 1. The van der Waals surface area contributed by atoms with Crippen LogP contribution in [-0.4, -0.2) is 54.7 Å². The second kappa shape index (κ2) is 6.90. The van der Waals surface area contributed by atoms with Gasteiger partial charge in [-0.3, -0.25) is 14.9 Å². The number of nitrogens with one attached hydrogen (secondary N) is 1. The van der Waals surface area contributed by atoms with Gasteiger partial charge in [0.15, 0.2) is 5.79 Å². The zero-order valence-electron chi connectivity index (χ0n) is 13.7. The van der Waals surface area contributed by atoms with Gasteiger partial charge >= 0.3 is 0 Å². The fraction of sp³-hybridized carbons (Fsp3) is 0.471. The van der Waals surface area contributed by atoms with E-state index in [1.807, 2.05) is 29.2 Å². The molecule has 0 saturated carbocycles. The predicted octanol–water partition coefficient (Wildman–Crippen LogP) is 1.07. The van der Waals surface area contributed by atoms with E-state index >= 15 is 0 Å². The van der Waals surface area contributed by atoms with E-state index in [-0.39, 0.29) is 0 Å². The number of ether oxygens (including phenoxy) is 3. The highest BCUT2D eigenvalue weighted by atomic mass is 16.7. The number of methoxy groups -OCH3 is 1. The van der Waals surface area contributed by atoms with Crippen LogP contribution in [0.2, 0.25) is 0 Å². The van der Waals surface area contributed by atoms with E-state index in [4.69, 9.17) is 19.4 Å². The molecule has 0 aromatic heterocycles. The molecular formula is C17H22N2O5. The summed E-state index contributed by atoms with van der Waals surface area (Å²) in [6, 6.07) is 7.12. The number of nitrogens with zero attached hydrogens (tertiary/aromatic N) is 1. The first kappa shape index (κ1) is 16.9. The molecule has 24 heavy (non-hydrogen) atoms. The summed E-state index contributed by atoms with van der Waals surface area (Å²) >= 11 is 0. The van der Waals surface area contributed by atoms with Gasteiger partial charge in [-0.2, -0.15) is 0 Å². The SMILES string of the molecule is C=C1COC2(C[C@H](C(=O)NO)N(Cc3ccc(OC)cc3)C2)OC1. The second-order valence-electron chi connectivity index (χ2n) is 6.19. The Hall–Kier alpha value is -1.93. The van der Waals surface area contributed by atoms with Gasteiger partial charge in [0.05, 0.1) is 32.9 Å². The average molecular weight is 334 g/mol. The molecule has 1 aromatic rings. The molecule has 1 atom stereocenters. The van der Waals surface area contributed by atoms with Gasteiger partial charge < -0.3 is 14.2 Å². The lowest BCUT2D eigenvalue weighted by molar-refractivity contribution is -0.240. The number of hydrogen-bond acceptors (Lipinski definition) is 6. The average Bonchev–Trinajstić information content (AvgIpc) is 2.96. The minimum atomic E-state index is -0.829. The highest BCUT2D eigenvalue weighted by Gasteiger charge is 2.50. The Morgan fingerprint density at radius 2 is 2.08 bits per heavy atom. The quantitative estimate of drug-likeness (QED) is 0.487. The summed E-state index contributed by atoms with van der Waals surface area (Å²) in [5, 5.41) is 9.04. The molecule has 2 aliphatic heterocycles. The summed E-state index contributed by atoms with van der Waals surface area (Å²) in [6.45, 7) is 5.68. The van der Waals surface area contributed by atoms with Crippen molar-refractivity contribution in [2.45, 2.75) is 24.8 Å². The normalized spacial score (nSPS) is 23.4. The molecule has 2 heterocycles. The minimum Gasteiger partial charge on any atom is -0.497 e. The number of carbonyl (C=O) groups excluding carboxylic acids is 1. The zero-order valence-corrected chi connectivity index (χ0v) is 13.7. The molecule has 3 rings (SSSR count). The maximum absolute atomic E-state index is 12.1. The van der Waals surface area contributed by atoms with E-state index in [1.54, 1.807) is 12.6 Å². The lowest BCUT2D eigenvalue weighted by Crippen LogP contribution is -2.43. The van der Waals surface area contributed by atoms with Crippen molar-refractivity contribution in [2.24, 2.45) is 0 Å². The standard InChI is InChI=1S/C17H22N2O5/c1-12-9-23-17(24-10-12)7-15(16(20)18-21)19(11-17)8-13-3-5-14(22-2)6-4-13/h3-6,15,21H,1,7-11H2,2H3,(H,18,20)/t15-/m1/s1. The smallest absolute Gasteiger partial charge is 0.260 e. The van der Waals surface area contributed by atoms with E-state index in [0.717, 1.165) is 16.9 Å². The van der Waals surface area contributed by atoms with Gasteiger partial charge in [0, 0.05) is 13.0 Å². The van der Waals surface area contributed by atoms with Crippen molar-refractivity contribution < 1.29 is 24.2 Å². The van der Waals surface area contributed by atoms with Crippen molar-refractivity contribution in [3.8, 4) is 5.75 Å². The first-order chi connectivity index (χ1) is 11.5. The van der Waals surface area contributed by atoms with Gasteiger partial charge in [-0.1, -0.05) is 18.7 Å². The Labute approximate surface area is 140 Å². The molecule has 7 nitrogen and oxygen atoms in total. The number of hydrogen-bond donors (Lipinski definition) is 2. The van der Waals surface area contributed by atoms with Gasteiger partial charge in [0.1, 0.15) is 5.75 Å². The molecule has 1 spiro atoms. The van der Waals surface area contributed by atoms with Crippen LogP contribution in [0, 0.1) is 0 Å². The Bertz CT molecular complexity index is 606. The second-order valence-corrected chi connectivity index (χ2v) is 6.19. The van der Waals surface area contributed by atoms with Crippen molar-refractivity contribution in [2.75, 3.05) is 26.9 Å². The molecule has 2 saturated heterocycles. The number of likely N-dealkylation sites (tertiary alicyclic amines) is 1. The van der Waals surface area contributed by atoms with Crippen LogP contribution >= 0.6 is 0 Å². The lowest BCUT2D eigenvalue weighted by atomic mass is 10.1. The van der Waals surface area contributed by atoms with Crippen molar-refractivity contribution in [3.63, 3.8) is 0 Å². The van der Waals surface area contributed by atoms with Crippen molar-refractivity contribution in [3.05, 3.63) is 42.0 Å². The number of carbonyl (C=O) groups is 1. The maximum atomic E-state index is 12.1. The number of hydroxylamine groups is 1. The van der Waals surface area contributed by atoms with Crippen LogP contribution in [0.4, 0.5) is 0 Å². The Kier molecular flexibility index (Phi) is 4.86. The summed E-state index contributed by atoms with van der Waals surface area (Å²) in [5.74, 6) is -0.513. The summed E-state index contributed by atoms with van der Waals surface area (Å²) < 4.78 is 16.8. The van der Waals surface area contributed by atoms with Gasteiger partial charge in [0.2, 0.25) is 0 Å². The highest BCUT2D eigenvalue weighted by Crippen LogP contribution is 2.36. The highest BCUT2D eigenvalue weighted by molar-refractivity contribution is 5.81. The molecular weight excluding hydrogens is 312 g/mol. The molecule has 0 unspecified atom stereocenters. The fourth-order valence-corrected chi connectivity index (χ4v) is 3.13. The maximum Gasteiger partial charge on any atom is 0.260 e. The third kappa shape index (κ3) is 3.44. The Balaban J connectivity index is 1.75. The van der Waals surface area contributed by atoms with Crippen LogP contribution in [0.1, 0.15) is 12.0 Å². The van der Waals surface area contributed by atoms with Crippen molar-refractivity contribution >= 4 is 5.91 Å². The Morgan fingerprint density at radius 1 is 1.42 bits per heavy atom. The van der Waals surface area contributed by atoms with Crippen molar-refractivity contribution in [1.29, 1.82) is 0 Å². The van der Waals surface area contributed by atoms with E-state index in [2.05, 4.69) is 6.58 Å². The summed E-state index contributed by atoms with van der Waals surface area (Å²) in [5.41, 5.74) is 3.65. The topological polar surface area (TPSA) is 80.3 Å². The van der Waals surface area contributed by atoms with Crippen LogP contribution in [0.5, 0.6) is 5.75 Å². The summed E-state index contributed by atoms with van der Waals surface area (Å²) in [7, 11) is 1.62. The van der Waals surface area contributed by atoms with Crippen LogP contribution in [0.15, 0.2) is 36.4 Å². The van der Waals surface area contributed by atoms with Gasteiger partial charge in [-0.05, 0) is 23.3 Å². The molecule has 0 radical (unpaired) electrons. The molecule has 2 aliphatic rings. The van der Waals surface area contributed by atoms with Crippen LogP contribution < -0.4 is 10.2 Å². The van der Waals surface area contributed by atoms with E-state index in [1.165, 1.54) is 0 Å². The van der Waals surface area contributed by atoms with Crippen LogP contribution in [0.25, 0.3) is 0 Å². The molecule has 2 fully saturated rings. The third-order valence-electron chi connectivity index (χ3n) is 4.43. The van der Waals surface area contributed by atoms with E-state index in [9.17, 15) is 4.79 Å². The molecule has 7 heteroatoms. The number of amides is 1. The Morgan fingerprint density at radius 3 is 2.67 bits per heavy atom. The molecule has 2 N–H and O–H groups in total. The van der Waals surface area contributed by atoms with E-state index in [0.29, 0.717) is 32.7 Å². The van der Waals surface area contributed by atoms with Gasteiger partial charge in [0.25, 0.3) is 5.91 Å². The van der Waals surface area contributed by atoms with Crippen molar-refractivity contribution in [1.82, 2.24) is 10.4 Å². The molecule has 0 aliphatic carbocycles. The lowest BCUT2D eigenvalue weighted by Gasteiger charge is -2.34. The first-order valence-corrected chi connectivity index (χ1v) is 7.81. The molecule has 130 valence electrons. The largest absolute Gasteiger partial charge is 0.497 e. The third-order valence-corrected chi connectivity index (χ3v) is 4.43. The van der Waals surface area contributed by atoms with Gasteiger partial charge in [-0.15, -0.1) is 0 Å². The van der Waals surface area contributed by atoms with E-state index < -0.39 is 17.7 Å². The predicted molar refractivity (Wildman–Crippen MR) is 85.5 cm³/mol. The molecule has 0 bridgehead atoms. The minimum absolute atomic E-state index is 0.364. The number of rotatable bonds is 4. The van der Waals surface area contributed by atoms with Crippen LogP contribution in [0.3, 0.4) is 0 Å². The molecule has 1 amide bonds. The summed E-state index contributed by atoms with van der Waals surface area (Å²) in [4.78, 5) is 14.0. The summed E-state index contributed by atoms with van der Waals surface area (Å²) in [6.07, 6.45) is 0.364. The van der Waals surface area contributed by atoms with Crippen LogP contribution in [-0.2, 0) is 20.8 Å². The monoisotopic (exact) mass is 334 g/mol.